The number of nitrogen functional groups attached to an aromatic ring is 1. The Morgan fingerprint density at radius 2 is 2.19 bits per heavy atom. The molecule has 0 fully saturated rings. The Morgan fingerprint density at radius 1 is 1.50 bits per heavy atom. The van der Waals surface area contributed by atoms with Crippen molar-refractivity contribution < 1.29 is 14.3 Å². The number of halogens is 1. The molecule has 4 nitrogen and oxygen atoms in total. The Morgan fingerprint density at radius 3 is 2.75 bits per heavy atom. The molecule has 0 aliphatic heterocycles. The molecule has 16 heavy (non-hydrogen) atoms. The van der Waals surface area contributed by atoms with Crippen LogP contribution in [-0.4, -0.2) is 17.6 Å². The quantitative estimate of drug-likeness (QED) is 0.675. The van der Waals surface area contributed by atoms with Gasteiger partial charge in [0.2, 0.25) is 0 Å². The highest BCUT2D eigenvalue weighted by Gasteiger charge is 2.11. The van der Waals surface area contributed by atoms with E-state index in [0.717, 1.165) is 6.07 Å². The van der Waals surface area contributed by atoms with Crippen molar-refractivity contribution in [3.05, 3.63) is 35.2 Å². The molecule has 0 saturated carbocycles. The average Bonchev–Trinajstić information content (AvgIpc) is 2.21. The molecule has 1 aromatic rings. The van der Waals surface area contributed by atoms with Gasteiger partial charge in [-0.25, -0.2) is 9.18 Å². The third-order valence-corrected chi connectivity index (χ3v) is 2.03. The first kappa shape index (κ1) is 12.2. The minimum Gasteiger partial charge on any atom is -0.478 e. The first-order valence-corrected chi connectivity index (χ1v) is 4.75. The predicted molar refractivity (Wildman–Crippen MR) is 60.5 cm³/mol. The number of nitrogens with two attached hydrogens (primary N) is 2. The van der Waals surface area contributed by atoms with E-state index in [0.29, 0.717) is 13.0 Å². The molecule has 0 aliphatic carbocycles. The van der Waals surface area contributed by atoms with E-state index < -0.39 is 11.8 Å². The second kappa shape index (κ2) is 5.27. The van der Waals surface area contributed by atoms with Crippen molar-refractivity contribution in [3.63, 3.8) is 0 Å². The van der Waals surface area contributed by atoms with Crippen LogP contribution in [0, 0.1) is 5.82 Å². The molecule has 0 atom stereocenters. The number of benzene rings is 1. The zero-order valence-electron chi connectivity index (χ0n) is 8.61. The molecule has 0 bridgehead atoms. The van der Waals surface area contributed by atoms with Crippen LogP contribution >= 0.6 is 0 Å². The topological polar surface area (TPSA) is 89.3 Å². The number of anilines is 1. The summed E-state index contributed by atoms with van der Waals surface area (Å²) in [6.07, 6.45) is 3.78. The van der Waals surface area contributed by atoms with Crippen LogP contribution in [0.25, 0.3) is 6.08 Å². The zero-order chi connectivity index (χ0) is 12.1. The zero-order valence-corrected chi connectivity index (χ0v) is 8.61. The van der Waals surface area contributed by atoms with Gasteiger partial charge in [0.15, 0.2) is 0 Å². The van der Waals surface area contributed by atoms with Gasteiger partial charge in [-0.05, 0) is 25.1 Å². The molecule has 0 amide bonds. The largest absolute Gasteiger partial charge is 0.478 e. The summed E-state index contributed by atoms with van der Waals surface area (Å²) in [5, 5.41) is 8.81. The maximum Gasteiger partial charge on any atom is 0.337 e. The van der Waals surface area contributed by atoms with Crippen molar-refractivity contribution in [2.45, 2.75) is 6.42 Å². The van der Waals surface area contributed by atoms with Gasteiger partial charge in [-0.2, -0.15) is 0 Å². The van der Waals surface area contributed by atoms with Crippen molar-refractivity contribution in [2.24, 2.45) is 5.73 Å². The van der Waals surface area contributed by atoms with E-state index in [1.54, 1.807) is 6.08 Å². The molecule has 0 saturated heterocycles. The van der Waals surface area contributed by atoms with Crippen LogP contribution in [0.15, 0.2) is 18.2 Å². The first-order chi connectivity index (χ1) is 7.56. The van der Waals surface area contributed by atoms with E-state index >= 15 is 0 Å². The number of rotatable bonds is 4. The maximum atomic E-state index is 13.4. The van der Waals surface area contributed by atoms with Crippen LogP contribution in [-0.2, 0) is 0 Å². The fourth-order valence-electron chi connectivity index (χ4n) is 1.22. The van der Waals surface area contributed by atoms with Crippen LogP contribution < -0.4 is 11.5 Å². The number of hydrogen-bond donors (Lipinski definition) is 3. The lowest BCUT2D eigenvalue weighted by Crippen LogP contribution is -2.04. The smallest absolute Gasteiger partial charge is 0.337 e. The first-order valence-electron chi connectivity index (χ1n) is 4.75. The van der Waals surface area contributed by atoms with Gasteiger partial charge in [-0.15, -0.1) is 0 Å². The maximum absolute atomic E-state index is 13.4. The van der Waals surface area contributed by atoms with Gasteiger partial charge in [-0.3, -0.25) is 0 Å². The Hall–Kier alpha value is -1.88. The highest BCUT2D eigenvalue weighted by atomic mass is 19.1. The molecule has 0 radical (unpaired) electrons. The second-order valence-corrected chi connectivity index (χ2v) is 3.25. The molecule has 5 N–H and O–H groups in total. The molecule has 5 heteroatoms. The molecule has 0 aromatic heterocycles. The van der Waals surface area contributed by atoms with Crippen LogP contribution in [0.2, 0.25) is 0 Å². The van der Waals surface area contributed by atoms with Crippen molar-refractivity contribution in [2.75, 3.05) is 12.3 Å². The van der Waals surface area contributed by atoms with E-state index in [2.05, 4.69) is 0 Å². The van der Waals surface area contributed by atoms with Gasteiger partial charge >= 0.3 is 5.97 Å². The van der Waals surface area contributed by atoms with Crippen LogP contribution in [0.1, 0.15) is 22.3 Å². The van der Waals surface area contributed by atoms with Crippen molar-refractivity contribution in [3.8, 4) is 0 Å². The lowest BCUT2D eigenvalue weighted by molar-refractivity contribution is 0.0698. The van der Waals surface area contributed by atoms with Gasteiger partial charge < -0.3 is 16.6 Å². The Kier molecular flexibility index (Phi) is 4.02. The third-order valence-electron chi connectivity index (χ3n) is 2.03. The van der Waals surface area contributed by atoms with Crippen LogP contribution in [0.3, 0.4) is 0 Å². The molecule has 1 rings (SSSR count). The highest BCUT2D eigenvalue weighted by molar-refractivity contribution is 5.94. The minimum atomic E-state index is -1.18. The Balaban J connectivity index is 3.09. The van der Waals surface area contributed by atoms with E-state index in [1.807, 2.05) is 0 Å². The van der Waals surface area contributed by atoms with E-state index in [9.17, 15) is 9.18 Å². The molecule has 0 aliphatic rings. The fourth-order valence-corrected chi connectivity index (χ4v) is 1.22. The Bertz CT molecular complexity index is 430. The van der Waals surface area contributed by atoms with Crippen LogP contribution in [0.5, 0.6) is 0 Å². The number of carbonyl (C=O) groups is 1. The van der Waals surface area contributed by atoms with Gasteiger partial charge in [0.25, 0.3) is 0 Å². The summed E-state index contributed by atoms with van der Waals surface area (Å²) in [7, 11) is 0. The number of aromatic carboxylic acids is 1. The number of carboxylic acids is 1. The summed E-state index contributed by atoms with van der Waals surface area (Å²) in [5.74, 6) is -1.72. The summed E-state index contributed by atoms with van der Waals surface area (Å²) in [5.41, 5.74) is 10.7. The highest BCUT2D eigenvalue weighted by Crippen LogP contribution is 2.19. The van der Waals surface area contributed by atoms with Gasteiger partial charge in [0.1, 0.15) is 5.82 Å². The van der Waals surface area contributed by atoms with Gasteiger partial charge in [-0.1, -0.05) is 12.2 Å². The summed E-state index contributed by atoms with van der Waals surface area (Å²) < 4.78 is 13.4. The molecule has 86 valence electrons. The number of hydrogen-bond acceptors (Lipinski definition) is 3. The Labute approximate surface area is 92.4 Å². The molecule has 0 heterocycles. The van der Waals surface area contributed by atoms with E-state index in [-0.39, 0.29) is 16.8 Å². The monoisotopic (exact) mass is 224 g/mol. The van der Waals surface area contributed by atoms with Crippen LogP contribution in [0.4, 0.5) is 10.1 Å². The van der Waals surface area contributed by atoms with Crippen molar-refractivity contribution in [1.29, 1.82) is 0 Å². The minimum absolute atomic E-state index is 0.0824. The fraction of sp³-hybridized carbons (Fsp3) is 0.182. The van der Waals surface area contributed by atoms with E-state index in [4.69, 9.17) is 16.6 Å². The number of carboxylic acid groups (broad SMARTS) is 1. The SMILES string of the molecule is NCCC=Cc1cc(C(=O)O)c(N)cc1F. The summed E-state index contributed by atoms with van der Waals surface area (Å²) in [6.45, 7) is 0.457. The van der Waals surface area contributed by atoms with Gasteiger partial charge in [0, 0.05) is 11.3 Å². The van der Waals surface area contributed by atoms with E-state index in [1.165, 1.54) is 12.1 Å². The third kappa shape index (κ3) is 2.80. The second-order valence-electron chi connectivity index (χ2n) is 3.25. The molecular formula is C11H13FN2O2. The molecule has 0 spiro atoms. The lowest BCUT2D eigenvalue weighted by atomic mass is 10.1. The summed E-state index contributed by atoms with van der Waals surface area (Å²) in [4.78, 5) is 10.8. The molecule has 1 aromatic carbocycles. The predicted octanol–water partition coefficient (Wildman–Crippen LogP) is 1.47. The molecule has 0 unspecified atom stereocenters. The van der Waals surface area contributed by atoms with Gasteiger partial charge in [0.05, 0.1) is 5.56 Å². The normalized spacial score (nSPS) is 10.9. The standard InChI is InChI=1S/C11H13FN2O2/c12-9-6-10(14)8(11(15)16)5-7(9)3-1-2-4-13/h1,3,5-6H,2,4,13-14H2,(H,15,16). The average molecular weight is 224 g/mol. The van der Waals surface area contributed by atoms with Crippen molar-refractivity contribution in [1.82, 2.24) is 0 Å². The van der Waals surface area contributed by atoms with Crippen molar-refractivity contribution >= 4 is 17.7 Å². The lowest BCUT2D eigenvalue weighted by Gasteiger charge is -2.03. The summed E-state index contributed by atoms with van der Waals surface area (Å²) >= 11 is 0. The summed E-state index contributed by atoms with van der Waals surface area (Å²) in [6, 6.07) is 2.21. The molecular weight excluding hydrogens is 211 g/mol.